The van der Waals surface area contributed by atoms with Gasteiger partial charge < -0.3 is 9.64 Å². The number of alkyl halides is 2. The summed E-state index contributed by atoms with van der Waals surface area (Å²) in [5.41, 5.74) is 0.494. The van der Waals surface area contributed by atoms with Crippen LogP contribution in [0.15, 0.2) is 12.1 Å². The van der Waals surface area contributed by atoms with Gasteiger partial charge in [-0.05, 0) is 31.9 Å². The van der Waals surface area contributed by atoms with E-state index in [1.807, 2.05) is 0 Å². The van der Waals surface area contributed by atoms with Crippen LogP contribution in [0.3, 0.4) is 0 Å². The van der Waals surface area contributed by atoms with Crippen molar-refractivity contribution in [1.82, 2.24) is 14.4 Å². The minimum Gasteiger partial charge on any atom is -0.379 e. The summed E-state index contributed by atoms with van der Waals surface area (Å²) in [7, 11) is 0. The summed E-state index contributed by atoms with van der Waals surface area (Å²) in [5, 5.41) is 0. The van der Waals surface area contributed by atoms with Gasteiger partial charge in [-0.15, -0.1) is 0 Å². The Balaban J connectivity index is 1.62. The molecule has 0 radical (unpaired) electrons. The summed E-state index contributed by atoms with van der Waals surface area (Å²) in [4.78, 5) is 16.7. The minimum absolute atomic E-state index is 0.0855. The molecule has 0 saturated carbocycles. The van der Waals surface area contributed by atoms with Crippen molar-refractivity contribution in [2.45, 2.75) is 32.4 Å². The number of ether oxygens (including phenoxy) is 1. The van der Waals surface area contributed by atoms with Crippen LogP contribution >= 0.6 is 0 Å². The highest BCUT2D eigenvalue weighted by atomic mass is 19.3. The summed E-state index contributed by atoms with van der Waals surface area (Å²) in [6.07, 6.45) is 1.78. The Kier molecular flexibility index (Phi) is 4.96. The van der Waals surface area contributed by atoms with Crippen LogP contribution in [0.5, 0.6) is 0 Å². The lowest BCUT2D eigenvalue weighted by Crippen LogP contribution is -2.50. The maximum Gasteiger partial charge on any atom is 0.319 e. The average Bonchev–Trinajstić information content (AvgIpc) is 2.97. The normalized spacial score (nSPS) is 21.1. The molecule has 5 nitrogen and oxygen atoms in total. The number of rotatable bonds is 3. The third-order valence-electron chi connectivity index (χ3n) is 4.85. The molecular weight excluding hydrogens is 304 g/mol. The Hall–Kier alpha value is -1.47. The van der Waals surface area contributed by atoms with E-state index >= 15 is 0 Å². The second kappa shape index (κ2) is 6.97. The molecule has 0 atom stereocenters. The van der Waals surface area contributed by atoms with E-state index in [-0.39, 0.29) is 11.6 Å². The highest BCUT2D eigenvalue weighted by Gasteiger charge is 2.30. The van der Waals surface area contributed by atoms with Gasteiger partial charge in [-0.1, -0.05) is 0 Å². The van der Waals surface area contributed by atoms with Gasteiger partial charge in [0.15, 0.2) is 0 Å². The molecule has 2 saturated heterocycles. The van der Waals surface area contributed by atoms with E-state index in [4.69, 9.17) is 4.74 Å². The van der Waals surface area contributed by atoms with Crippen molar-refractivity contribution in [3.05, 3.63) is 23.5 Å². The Morgan fingerprint density at radius 2 is 1.83 bits per heavy atom. The molecule has 2 fully saturated rings. The van der Waals surface area contributed by atoms with Crippen LogP contribution in [-0.2, 0) is 4.74 Å². The first kappa shape index (κ1) is 16.4. The average molecular weight is 327 g/mol. The zero-order valence-corrected chi connectivity index (χ0v) is 13.4. The lowest BCUT2D eigenvalue weighted by molar-refractivity contribution is 0.00110. The fraction of sp³-hybridized carbons (Fsp3) is 0.688. The second-order valence-electron chi connectivity index (χ2n) is 6.18. The van der Waals surface area contributed by atoms with Gasteiger partial charge in [-0.25, -0.2) is 0 Å². The molecule has 1 aromatic rings. The third kappa shape index (κ3) is 3.40. The molecule has 1 amide bonds. The number of halogens is 2. The molecule has 7 heteroatoms. The molecule has 0 unspecified atom stereocenters. The van der Waals surface area contributed by atoms with Crippen LogP contribution in [0.1, 0.15) is 35.6 Å². The first-order valence-electron chi connectivity index (χ1n) is 8.15. The fourth-order valence-corrected chi connectivity index (χ4v) is 3.52. The van der Waals surface area contributed by atoms with E-state index in [9.17, 15) is 13.6 Å². The van der Waals surface area contributed by atoms with Crippen molar-refractivity contribution in [1.29, 1.82) is 0 Å². The highest BCUT2D eigenvalue weighted by molar-refractivity contribution is 5.93. The number of carbonyl (C=O) groups is 1. The quantitative estimate of drug-likeness (QED) is 0.853. The zero-order valence-electron chi connectivity index (χ0n) is 13.4. The van der Waals surface area contributed by atoms with E-state index in [0.29, 0.717) is 24.8 Å². The topological polar surface area (TPSA) is 37.7 Å². The first-order valence-corrected chi connectivity index (χ1v) is 8.15. The molecule has 0 aliphatic carbocycles. The molecule has 2 aliphatic rings. The summed E-state index contributed by atoms with van der Waals surface area (Å²) in [5.74, 6) is -0.293. The molecule has 23 heavy (non-hydrogen) atoms. The summed E-state index contributed by atoms with van der Waals surface area (Å²) in [6, 6.07) is 3.53. The van der Waals surface area contributed by atoms with E-state index in [2.05, 4.69) is 4.90 Å². The molecule has 0 bridgehead atoms. The smallest absolute Gasteiger partial charge is 0.319 e. The Morgan fingerprint density at radius 1 is 1.17 bits per heavy atom. The standard InChI is InChI=1S/C16H23F2N3O2/c1-12-2-3-14(21(12)16(17)18)15(22)20-6-4-13(5-7-20)19-8-10-23-11-9-19/h2-3,13,16H,4-11H2,1H3. The number of aryl methyl sites for hydroxylation is 1. The van der Waals surface area contributed by atoms with Gasteiger partial charge in [0.05, 0.1) is 13.2 Å². The van der Waals surface area contributed by atoms with E-state index < -0.39 is 6.55 Å². The SMILES string of the molecule is Cc1ccc(C(=O)N2CCC(N3CCOCC3)CC2)n1C(F)F. The molecule has 0 N–H and O–H groups in total. The van der Waals surface area contributed by atoms with Gasteiger partial charge in [0.25, 0.3) is 5.91 Å². The molecule has 0 aromatic carbocycles. The number of morpholine rings is 1. The van der Waals surface area contributed by atoms with Gasteiger partial charge >= 0.3 is 6.55 Å². The molecule has 3 heterocycles. The number of hydrogen-bond acceptors (Lipinski definition) is 3. The summed E-state index contributed by atoms with van der Waals surface area (Å²) in [6.45, 7) is 3.55. The zero-order chi connectivity index (χ0) is 16.4. The van der Waals surface area contributed by atoms with E-state index in [1.165, 1.54) is 6.07 Å². The monoisotopic (exact) mass is 327 g/mol. The van der Waals surface area contributed by atoms with Crippen molar-refractivity contribution in [2.75, 3.05) is 39.4 Å². The molecule has 1 aromatic heterocycles. The van der Waals surface area contributed by atoms with Gasteiger partial charge in [0.1, 0.15) is 5.69 Å². The van der Waals surface area contributed by atoms with Crippen LogP contribution in [0.4, 0.5) is 8.78 Å². The Morgan fingerprint density at radius 3 is 2.43 bits per heavy atom. The van der Waals surface area contributed by atoms with Gasteiger partial charge in [-0.3, -0.25) is 14.3 Å². The van der Waals surface area contributed by atoms with Crippen molar-refractivity contribution in [3.63, 3.8) is 0 Å². The molecular formula is C16H23F2N3O2. The van der Waals surface area contributed by atoms with Crippen LogP contribution in [0.2, 0.25) is 0 Å². The van der Waals surface area contributed by atoms with Crippen LogP contribution in [-0.4, -0.2) is 65.7 Å². The van der Waals surface area contributed by atoms with E-state index in [0.717, 1.165) is 43.7 Å². The predicted molar refractivity (Wildman–Crippen MR) is 81.7 cm³/mol. The largest absolute Gasteiger partial charge is 0.379 e. The number of aromatic nitrogens is 1. The number of likely N-dealkylation sites (tertiary alicyclic amines) is 1. The number of amides is 1. The van der Waals surface area contributed by atoms with Crippen molar-refractivity contribution < 1.29 is 18.3 Å². The van der Waals surface area contributed by atoms with Crippen molar-refractivity contribution in [2.24, 2.45) is 0 Å². The number of hydrogen-bond donors (Lipinski definition) is 0. The maximum absolute atomic E-state index is 13.1. The van der Waals surface area contributed by atoms with Crippen LogP contribution in [0.25, 0.3) is 0 Å². The highest BCUT2D eigenvalue weighted by Crippen LogP contribution is 2.23. The number of carbonyl (C=O) groups excluding carboxylic acids is 1. The third-order valence-corrected chi connectivity index (χ3v) is 4.85. The molecule has 3 rings (SSSR count). The molecule has 0 spiro atoms. The van der Waals surface area contributed by atoms with E-state index in [1.54, 1.807) is 17.9 Å². The van der Waals surface area contributed by atoms with Gasteiger partial charge in [0, 0.05) is 37.9 Å². The van der Waals surface area contributed by atoms with Crippen molar-refractivity contribution in [3.8, 4) is 0 Å². The Bertz CT molecular complexity index is 548. The Labute approximate surface area is 134 Å². The number of piperidine rings is 1. The molecule has 2 aliphatic heterocycles. The predicted octanol–water partition coefficient (Wildman–Crippen LogP) is 2.13. The van der Waals surface area contributed by atoms with Crippen LogP contribution in [0, 0.1) is 6.92 Å². The van der Waals surface area contributed by atoms with Crippen molar-refractivity contribution >= 4 is 5.91 Å². The van der Waals surface area contributed by atoms with Crippen LogP contribution < -0.4 is 0 Å². The number of nitrogens with zero attached hydrogens (tertiary/aromatic N) is 3. The maximum atomic E-state index is 13.1. The summed E-state index contributed by atoms with van der Waals surface area (Å²) >= 11 is 0. The summed E-state index contributed by atoms with van der Waals surface area (Å²) < 4.78 is 32.4. The minimum atomic E-state index is -2.69. The first-order chi connectivity index (χ1) is 11.1. The lowest BCUT2D eigenvalue weighted by Gasteiger charge is -2.40. The van der Waals surface area contributed by atoms with Gasteiger partial charge in [0.2, 0.25) is 0 Å². The van der Waals surface area contributed by atoms with Gasteiger partial charge in [-0.2, -0.15) is 8.78 Å². The molecule has 128 valence electrons. The second-order valence-corrected chi connectivity index (χ2v) is 6.18. The fourth-order valence-electron chi connectivity index (χ4n) is 3.52. The lowest BCUT2D eigenvalue weighted by atomic mass is 10.0.